The second-order valence-electron chi connectivity index (χ2n) is 6.25. The van der Waals surface area contributed by atoms with Crippen molar-refractivity contribution in [3.05, 3.63) is 57.7 Å². The number of fused-ring (bicyclic) bond motifs is 1. The fourth-order valence-electron chi connectivity index (χ4n) is 2.82. The van der Waals surface area contributed by atoms with Gasteiger partial charge in [0.25, 0.3) is 11.5 Å². The van der Waals surface area contributed by atoms with Crippen molar-refractivity contribution in [2.75, 3.05) is 13.6 Å². The van der Waals surface area contributed by atoms with Crippen LogP contribution in [-0.4, -0.2) is 49.6 Å². The molecule has 0 bridgehead atoms. The lowest BCUT2D eigenvalue weighted by atomic mass is 10.1. The van der Waals surface area contributed by atoms with E-state index in [2.05, 4.69) is 4.98 Å². The summed E-state index contributed by atoms with van der Waals surface area (Å²) in [6.07, 6.45) is 2.58. The second kappa shape index (κ2) is 6.93. The maximum atomic E-state index is 12.7. The van der Waals surface area contributed by atoms with Crippen LogP contribution in [0.5, 0.6) is 0 Å². The maximum Gasteiger partial charge on any atom is 0.294 e. The van der Waals surface area contributed by atoms with Crippen molar-refractivity contribution < 1.29 is 9.90 Å². The Kier molecular flexibility index (Phi) is 4.84. The number of aliphatic hydroxyl groups is 1. The smallest absolute Gasteiger partial charge is 0.294 e. The van der Waals surface area contributed by atoms with Gasteiger partial charge in [-0.1, -0.05) is 29.8 Å². The molecular formula is C18H19ClN4O3. The number of halogens is 1. The molecule has 0 unspecified atom stereocenters. The zero-order valence-electron chi connectivity index (χ0n) is 14.7. The number of amides is 1. The lowest BCUT2D eigenvalue weighted by molar-refractivity contribution is 0.0699. The van der Waals surface area contributed by atoms with E-state index in [1.807, 2.05) is 18.2 Å². The van der Waals surface area contributed by atoms with Gasteiger partial charge in [-0.25, -0.2) is 4.98 Å². The highest BCUT2D eigenvalue weighted by atomic mass is 35.5. The molecule has 0 saturated carbocycles. The highest BCUT2D eigenvalue weighted by Gasteiger charge is 2.19. The zero-order chi connectivity index (χ0) is 19.0. The molecule has 136 valence electrons. The van der Waals surface area contributed by atoms with Crippen LogP contribution in [0.15, 0.2) is 41.5 Å². The summed E-state index contributed by atoms with van der Waals surface area (Å²) in [5.41, 5.74) is 1.28. The van der Waals surface area contributed by atoms with Gasteiger partial charge in [-0.15, -0.1) is 0 Å². The van der Waals surface area contributed by atoms with Crippen molar-refractivity contribution in [1.29, 1.82) is 0 Å². The normalized spacial score (nSPS) is 12.3. The van der Waals surface area contributed by atoms with Gasteiger partial charge in [-0.2, -0.15) is 0 Å². The van der Waals surface area contributed by atoms with Gasteiger partial charge >= 0.3 is 0 Å². The van der Waals surface area contributed by atoms with Crippen LogP contribution >= 0.6 is 11.6 Å². The third-order valence-electron chi connectivity index (χ3n) is 4.10. The average molecular weight is 375 g/mol. The molecule has 8 heteroatoms. The highest BCUT2D eigenvalue weighted by Crippen LogP contribution is 2.26. The molecule has 1 aromatic carbocycles. The molecule has 3 rings (SSSR count). The molecule has 0 spiro atoms. The predicted octanol–water partition coefficient (Wildman–Crippen LogP) is 1.81. The number of carbonyl (C=O) groups is 1. The Morgan fingerprint density at radius 1 is 1.35 bits per heavy atom. The minimum absolute atomic E-state index is 0.140. The molecule has 2 aromatic heterocycles. The Balaban J connectivity index is 2.11. The lowest BCUT2D eigenvalue weighted by Crippen LogP contribution is -2.33. The van der Waals surface area contributed by atoms with Crippen LogP contribution in [0.4, 0.5) is 0 Å². The predicted molar refractivity (Wildman–Crippen MR) is 99.5 cm³/mol. The second-order valence-corrected chi connectivity index (χ2v) is 6.66. The third kappa shape index (κ3) is 3.23. The fourth-order valence-corrected chi connectivity index (χ4v) is 3.06. The molecule has 0 fully saturated rings. The summed E-state index contributed by atoms with van der Waals surface area (Å²) >= 11 is 6.26. The van der Waals surface area contributed by atoms with Crippen molar-refractivity contribution >= 4 is 23.2 Å². The minimum Gasteiger partial charge on any atom is -0.392 e. The number of imidazole rings is 1. The summed E-state index contributed by atoms with van der Waals surface area (Å²) in [5, 5.41) is 9.97. The first-order chi connectivity index (χ1) is 12.3. The third-order valence-corrected chi connectivity index (χ3v) is 4.43. The summed E-state index contributed by atoms with van der Waals surface area (Å²) in [6.45, 7) is 1.77. The van der Waals surface area contributed by atoms with Crippen molar-refractivity contribution in [3.8, 4) is 11.3 Å². The molecule has 0 saturated heterocycles. The largest absolute Gasteiger partial charge is 0.392 e. The number of rotatable bonds is 4. The van der Waals surface area contributed by atoms with E-state index in [1.54, 1.807) is 33.3 Å². The average Bonchev–Trinajstić information content (AvgIpc) is 3.01. The number of carbonyl (C=O) groups excluding carboxylic acids is 1. The molecule has 0 aliphatic rings. The van der Waals surface area contributed by atoms with Gasteiger partial charge in [0.1, 0.15) is 5.69 Å². The maximum absolute atomic E-state index is 12.7. The molecule has 1 atom stereocenters. The highest BCUT2D eigenvalue weighted by molar-refractivity contribution is 6.33. The summed E-state index contributed by atoms with van der Waals surface area (Å²) in [7, 11) is 3.21. The molecule has 1 amide bonds. The zero-order valence-corrected chi connectivity index (χ0v) is 15.4. The molecule has 0 aliphatic carbocycles. The monoisotopic (exact) mass is 374 g/mol. The molecule has 2 heterocycles. The number of likely N-dealkylation sites (N-methyl/N-ethyl adjacent to an activating group) is 1. The first kappa shape index (κ1) is 18.2. The summed E-state index contributed by atoms with van der Waals surface area (Å²) in [5.74, 6) is -0.365. The SMILES string of the molecule is C[C@H](O)CN(C)C(=O)c1cn2cc(-c3ccccc3Cl)n(C)c(=O)c2n1. The van der Waals surface area contributed by atoms with E-state index in [1.165, 1.54) is 20.1 Å². The van der Waals surface area contributed by atoms with Crippen molar-refractivity contribution in [1.82, 2.24) is 18.9 Å². The lowest BCUT2D eigenvalue weighted by Gasteiger charge is -2.17. The van der Waals surface area contributed by atoms with Crippen LogP contribution in [0.1, 0.15) is 17.4 Å². The Morgan fingerprint density at radius 3 is 2.69 bits per heavy atom. The van der Waals surface area contributed by atoms with Crippen molar-refractivity contribution in [2.45, 2.75) is 13.0 Å². The first-order valence-electron chi connectivity index (χ1n) is 8.06. The minimum atomic E-state index is -0.652. The van der Waals surface area contributed by atoms with Crippen LogP contribution in [0.3, 0.4) is 0 Å². The van der Waals surface area contributed by atoms with Crippen LogP contribution in [0, 0.1) is 0 Å². The van der Waals surface area contributed by atoms with E-state index in [9.17, 15) is 14.7 Å². The van der Waals surface area contributed by atoms with Crippen LogP contribution in [0.2, 0.25) is 5.02 Å². The fraction of sp³-hybridized carbons (Fsp3) is 0.278. The van der Waals surface area contributed by atoms with Crippen molar-refractivity contribution in [2.24, 2.45) is 7.05 Å². The summed E-state index contributed by atoms with van der Waals surface area (Å²) < 4.78 is 2.99. The van der Waals surface area contributed by atoms with Crippen molar-refractivity contribution in [3.63, 3.8) is 0 Å². The standard InChI is InChI=1S/C18H19ClN4O3/c1-11(24)8-21(2)17(25)14-9-23-10-15(12-6-4-5-7-13(12)19)22(3)18(26)16(23)20-14/h4-7,9-11,24H,8H2,1-3H3/t11-/m0/s1. The van der Waals surface area contributed by atoms with Gasteiger partial charge in [0.15, 0.2) is 0 Å². The number of nitrogens with zero attached hydrogens (tertiary/aromatic N) is 4. The van der Waals surface area contributed by atoms with Crippen LogP contribution in [0.25, 0.3) is 16.9 Å². The molecule has 3 aromatic rings. The van der Waals surface area contributed by atoms with Crippen LogP contribution in [-0.2, 0) is 7.05 Å². The number of hydrogen-bond acceptors (Lipinski definition) is 4. The van der Waals surface area contributed by atoms with E-state index in [-0.39, 0.29) is 29.4 Å². The quantitative estimate of drug-likeness (QED) is 0.755. The van der Waals surface area contributed by atoms with Gasteiger partial charge in [-0.3, -0.25) is 14.0 Å². The topological polar surface area (TPSA) is 79.8 Å². The van der Waals surface area contributed by atoms with Gasteiger partial charge in [0, 0.05) is 43.6 Å². The Bertz CT molecular complexity index is 1040. The Labute approximate surface area is 155 Å². The molecule has 26 heavy (non-hydrogen) atoms. The number of aromatic nitrogens is 3. The molecule has 0 aliphatic heterocycles. The molecular weight excluding hydrogens is 356 g/mol. The number of benzene rings is 1. The van der Waals surface area contributed by atoms with Gasteiger partial charge in [-0.05, 0) is 13.0 Å². The van der Waals surface area contributed by atoms with Gasteiger partial charge < -0.3 is 14.6 Å². The van der Waals surface area contributed by atoms with Gasteiger partial charge in [0.05, 0.1) is 11.8 Å². The molecule has 7 nitrogen and oxygen atoms in total. The van der Waals surface area contributed by atoms with E-state index in [4.69, 9.17) is 11.6 Å². The number of aliphatic hydroxyl groups excluding tert-OH is 1. The van der Waals surface area contributed by atoms with E-state index >= 15 is 0 Å². The first-order valence-corrected chi connectivity index (χ1v) is 8.44. The Morgan fingerprint density at radius 2 is 2.04 bits per heavy atom. The molecule has 1 N–H and O–H groups in total. The van der Waals surface area contributed by atoms with E-state index in [0.717, 1.165) is 0 Å². The summed E-state index contributed by atoms with van der Waals surface area (Å²) in [6, 6.07) is 7.22. The number of hydrogen-bond donors (Lipinski definition) is 1. The van der Waals surface area contributed by atoms with Crippen LogP contribution < -0.4 is 5.56 Å². The van der Waals surface area contributed by atoms with Gasteiger partial charge in [0.2, 0.25) is 5.65 Å². The Hall–Kier alpha value is -2.64. The van der Waals surface area contributed by atoms with E-state index in [0.29, 0.717) is 16.3 Å². The summed E-state index contributed by atoms with van der Waals surface area (Å²) in [4.78, 5) is 30.7. The van der Waals surface area contributed by atoms with E-state index < -0.39 is 6.10 Å². The molecule has 0 radical (unpaired) electrons.